The van der Waals surface area contributed by atoms with Crippen LogP contribution in [-0.4, -0.2) is 17.1 Å². The second-order valence-corrected chi connectivity index (χ2v) is 5.56. The molecule has 2 aromatic heterocycles. The molecule has 0 aliphatic heterocycles. The van der Waals surface area contributed by atoms with Crippen LogP contribution in [0.4, 0.5) is 0 Å². The van der Waals surface area contributed by atoms with E-state index in [1.54, 1.807) is 7.11 Å². The smallest absolute Gasteiger partial charge is 0.119 e. The second-order valence-electron chi connectivity index (χ2n) is 5.18. The van der Waals surface area contributed by atoms with Crippen LogP contribution in [0.25, 0.3) is 32.7 Å². The summed E-state index contributed by atoms with van der Waals surface area (Å²) < 4.78 is 5.29. The number of aromatic amines is 1. The average Bonchev–Trinajstić information content (AvgIpc) is 2.87. The van der Waals surface area contributed by atoms with E-state index >= 15 is 0 Å². The average molecular weight is 297 g/mol. The third-order valence-electron chi connectivity index (χ3n) is 3.82. The molecule has 0 spiro atoms. The van der Waals surface area contributed by atoms with Crippen LogP contribution in [-0.2, 0) is 0 Å². The van der Waals surface area contributed by atoms with Gasteiger partial charge in [0.2, 0.25) is 0 Å². The van der Waals surface area contributed by atoms with E-state index in [-0.39, 0.29) is 0 Å². The predicted octanol–water partition coefficient (Wildman–Crippen LogP) is 4.84. The minimum Gasteiger partial charge on any atom is -0.497 e. The number of methoxy groups -OCH3 is 1. The molecule has 104 valence electrons. The summed E-state index contributed by atoms with van der Waals surface area (Å²) in [6.45, 7) is 2.04. The van der Waals surface area contributed by atoms with E-state index in [1.165, 1.54) is 0 Å². The Labute approximate surface area is 126 Å². The number of pyridine rings is 1. The number of aromatic nitrogens is 2. The van der Waals surface area contributed by atoms with Crippen molar-refractivity contribution in [2.75, 3.05) is 7.11 Å². The SMILES string of the molecule is COc1ccc2nc3ccc4[nH]c(C)cc4c3c(Cl)c2c1. The van der Waals surface area contributed by atoms with Crippen molar-refractivity contribution in [2.45, 2.75) is 6.92 Å². The van der Waals surface area contributed by atoms with Gasteiger partial charge < -0.3 is 9.72 Å². The van der Waals surface area contributed by atoms with Gasteiger partial charge >= 0.3 is 0 Å². The Morgan fingerprint density at radius 2 is 1.86 bits per heavy atom. The quantitative estimate of drug-likeness (QED) is 0.510. The largest absolute Gasteiger partial charge is 0.497 e. The van der Waals surface area contributed by atoms with Crippen LogP contribution >= 0.6 is 11.6 Å². The van der Waals surface area contributed by atoms with Crippen molar-refractivity contribution >= 4 is 44.3 Å². The lowest BCUT2D eigenvalue weighted by molar-refractivity contribution is 0.415. The standard InChI is InChI=1S/C17H13ClN2O/c1-9-7-11-13(19-9)5-6-15-16(11)17(18)12-8-10(21-2)3-4-14(12)20-15/h3-8,19H,1-2H3. The maximum absolute atomic E-state index is 6.68. The van der Waals surface area contributed by atoms with Gasteiger partial charge in [-0.3, -0.25) is 0 Å². The van der Waals surface area contributed by atoms with Crippen LogP contribution in [0.3, 0.4) is 0 Å². The topological polar surface area (TPSA) is 37.9 Å². The summed E-state index contributed by atoms with van der Waals surface area (Å²) in [5.41, 5.74) is 3.97. The molecule has 0 bridgehead atoms. The number of ether oxygens (including phenoxy) is 1. The first-order valence-electron chi connectivity index (χ1n) is 6.72. The van der Waals surface area contributed by atoms with Gasteiger partial charge in [0, 0.05) is 27.4 Å². The minimum atomic E-state index is 0.721. The van der Waals surface area contributed by atoms with Gasteiger partial charge in [0.1, 0.15) is 5.75 Å². The summed E-state index contributed by atoms with van der Waals surface area (Å²) in [7, 11) is 1.65. The fourth-order valence-electron chi connectivity index (χ4n) is 2.84. The highest BCUT2D eigenvalue weighted by Crippen LogP contribution is 2.36. The normalized spacial score (nSPS) is 11.6. The molecular weight excluding hydrogens is 284 g/mol. The second kappa shape index (κ2) is 4.37. The molecule has 4 rings (SSSR count). The molecule has 0 amide bonds. The van der Waals surface area contributed by atoms with Crippen molar-refractivity contribution < 1.29 is 4.74 Å². The lowest BCUT2D eigenvalue weighted by atomic mass is 10.1. The maximum Gasteiger partial charge on any atom is 0.119 e. The van der Waals surface area contributed by atoms with Crippen molar-refractivity contribution in [1.29, 1.82) is 0 Å². The van der Waals surface area contributed by atoms with Gasteiger partial charge in [-0.1, -0.05) is 11.6 Å². The van der Waals surface area contributed by atoms with Crippen LogP contribution < -0.4 is 4.74 Å². The molecule has 0 radical (unpaired) electrons. The Morgan fingerprint density at radius 1 is 1.05 bits per heavy atom. The fraction of sp³-hybridized carbons (Fsp3) is 0.118. The molecule has 0 unspecified atom stereocenters. The van der Waals surface area contributed by atoms with Crippen molar-refractivity contribution in [3.8, 4) is 5.75 Å². The van der Waals surface area contributed by atoms with Crippen LogP contribution in [0.1, 0.15) is 5.69 Å². The van der Waals surface area contributed by atoms with Crippen molar-refractivity contribution in [1.82, 2.24) is 9.97 Å². The molecule has 0 saturated heterocycles. The predicted molar refractivity (Wildman–Crippen MR) is 87.4 cm³/mol. The number of halogens is 1. The molecule has 3 nitrogen and oxygen atoms in total. The van der Waals surface area contributed by atoms with Crippen LogP contribution in [0.15, 0.2) is 36.4 Å². The Hall–Kier alpha value is -2.26. The Balaban J connectivity index is 2.23. The summed E-state index contributed by atoms with van der Waals surface area (Å²) in [6, 6.07) is 11.9. The first-order valence-corrected chi connectivity index (χ1v) is 7.10. The van der Waals surface area contributed by atoms with E-state index in [0.29, 0.717) is 0 Å². The zero-order valence-electron chi connectivity index (χ0n) is 11.7. The lowest BCUT2D eigenvalue weighted by Gasteiger charge is -2.08. The molecule has 2 aromatic carbocycles. The third kappa shape index (κ3) is 1.78. The Bertz CT molecular complexity index is 1000. The van der Waals surface area contributed by atoms with Gasteiger partial charge in [0.05, 0.1) is 23.2 Å². The zero-order valence-corrected chi connectivity index (χ0v) is 12.5. The minimum absolute atomic E-state index is 0.721. The van der Waals surface area contributed by atoms with Gasteiger partial charge in [-0.25, -0.2) is 4.98 Å². The van der Waals surface area contributed by atoms with Gasteiger partial charge in [0.25, 0.3) is 0 Å². The Morgan fingerprint density at radius 3 is 2.67 bits per heavy atom. The number of nitrogens with zero attached hydrogens (tertiary/aromatic N) is 1. The third-order valence-corrected chi connectivity index (χ3v) is 4.21. The highest BCUT2D eigenvalue weighted by Gasteiger charge is 2.12. The van der Waals surface area contributed by atoms with E-state index in [4.69, 9.17) is 21.3 Å². The maximum atomic E-state index is 6.68. The number of rotatable bonds is 1. The van der Waals surface area contributed by atoms with Crippen LogP contribution in [0, 0.1) is 6.92 Å². The number of nitrogens with one attached hydrogen (secondary N) is 1. The zero-order chi connectivity index (χ0) is 14.6. The van der Waals surface area contributed by atoms with E-state index < -0.39 is 0 Å². The molecule has 0 aliphatic carbocycles. The monoisotopic (exact) mass is 296 g/mol. The van der Waals surface area contributed by atoms with Gasteiger partial charge in [-0.2, -0.15) is 0 Å². The molecule has 1 N–H and O–H groups in total. The molecular formula is C17H13ClN2O. The number of hydrogen-bond donors (Lipinski definition) is 1. The molecule has 0 fully saturated rings. The van der Waals surface area contributed by atoms with Gasteiger partial charge in [0.15, 0.2) is 0 Å². The summed E-state index contributed by atoms with van der Waals surface area (Å²) in [6.07, 6.45) is 0. The molecule has 4 heteroatoms. The number of fused-ring (bicyclic) bond motifs is 4. The van der Waals surface area contributed by atoms with E-state index in [0.717, 1.165) is 49.2 Å². The van der Waals surface area contributed by atoms with Crippen LogP contribution in [0.5, 0.6) is 5.75 Å². The molecule has 0 saturated carbocycles. The number of H-pyrrole nitrogens is 1. The lowest BCUT2D eigenvalue weighted by Crippen LogP contribution is -1.88. The van der Waals surface area contributed by atoms with Crippen molar-refractivity contribution in [3.05, 3.63) is 47.1 Å². The summed E-state index contributed by atoms with van der Waals surface area (Å²) in [5, 5.41) is 3.72. The van der Waals surface area contributed by atoms with Gasteiger partial charge in [-0.15, -0.1) is 0 Å². The van der Waals surface area contributed by atoms with Crippen molar-refractivity contribution in [3.63, 3.8) is 0 Å². The highest BCUT2D eigenvalue weighted by atomic mass is 35.5. The van der Waals surface area contributed by atoms with Gasteiger partial charge in [-0.05, 0) is 43.3 Å². The number of hydrogen-bond acceptors (Lipinski definition) is 2. The van der Waals surface area contributed by atoms with Crippen molar-refractivity contribution in [2.24, 2.45) is 0 Å². The van der Waals surface area contributed by atoms with E-state index in [1.807, 2.05) is 37.3 Å². The molecule has 4 aromatic rings. The summed E-state index contributed by atoms with van der Waals surface area (Å²) in [5.74, 6) is 0.781. The molecule has 0 atom stereocenters. The number of benzene rings is 2. The fourth-order valence-corrected chi connectivity index (χ4v) is 3.19. The molecule has 21 heavy (non-hydrogen) atoms. The first kappa shape index (κ1) is 12.5. The first-order chi connectivity index (χ1) is 10.2. The summed E-state index contributed by atoms with van der Waals surface area (Å²) >= 11 is 6.68. The number of aryl methyl sites for hydroxylation is 1. The summed E-state index contributed by atoms with van der Waals surface area (Å²) in [4.78, 5) is 8.06. The molecule has 0 aliphatic rings. The van der Waals surface area contributed by atoms with E-state index in [2.05, 4.69) is 11.1 Å². The highest BCUT2D eigenvalue weighted by molar-refractivity contribution is 6.42. The Kier molecular flexibility index (Phi) is 2.59. The van der Waals surface area contributed by atoms with E-state index in [9.17, 15) is 0 Å². The molecule has 2 heterocycles. The van der Waals surface area contributed by atoms with Crippen LogP contribution in [0.2, 0.25) is 5.02 Å².